The van der Waals surface area contributed by atoms with Gasteiger partial charge in [0, 0.05) is 6.20 Å². The fraction of sp³-hybridized carbons (Fsp3) is 0.211. The van der Waals surface area contributed by atoms with Crippen molar-refractivity contribution in [3.8, 4) is 0 Å². The summed E-state index contributed by atoms with van der Waals surface area (Å²) in [6.45, 7) is 6.20. The van der Waals surface area contributed by atoms with Crippen molar-refractivity contribution in [2.45, 2.75) is 26.7 Å². The maximum Gasteiger partial charge on any atom is 0.331 e. The van der Waals surface area contributed by atoms with Gasteiger partial charge in [0.25, 0.3) is 5.91 Å². The largest absolute Gasteiger partial charge is 0.365 e. The summed E-state index contributed by atoms with van der Waals surface area (Å²) in [5, 5.41) is 3.64. The summed E-state index contributed by atoms with van der Waals surface area (Å²) in [5.41, 5.74) is 9.63. The molecule has 0 unspecified atom stereocenters. The van der Waals surface area contributed by atoms with Crippen molar-refractivity contribution in [3.63, 3.8) is 0 Å². The third-order valence-electron chi connectivity index (χ3n) is 4.59. The molecule has 1 aliphatic heterocycles. The Bertz CT molecular complexity index is 1070. The zero-order valence-corrected chi connectivity index (χ0v) is 15.5. The summed E-state index contributed by atoms with van der Waals surface area (Å²) in [6, 6.07) is 7.41. The van der Waals surface area contributed by atoms with Crippen molar-refractivity contribution in [1.29, 1.82) is 0 Å². The number of carbonyl (C=O) groups is 2. The quantitative estimate of drug-likeness (QED) is 0.715. The topological polar surface area (TPSA) is 88.3 Å². The molecule has 0 aliphatic carbocycles. The Morgan fingerprint density at radius 2 is 2.08 bits per heavy atom. The van der Waals surface area contributed by atoms with Crippen LogP contribution in [0.1, 0.15) is 40.6 Å². The first kappa shape index (κ1) is 16.5. The number of amides is 3. The number of urea groups is 1. The second kappa shape index (κ2) is 5.81. The monoisotopic (exact) mass is 366 g/mol. The Balaban J connectivity index is 1.99. The highest BCUT2D eigenvalue weighted by Gasteiger charge is 2.34. The Hall–Kier alpha value is -2.93. The van der Waals surface area contributed by atoms with Gasteiger partial charge in [0.15, 0.2) is 0 Å². The number of nitrogens with two attached hydrogens (primary N) is 1. The summed E-state index contributed by atoms with van der Waals surface area (Å²) in [7, 11) is 0. The molecule has 3 amide bonds. The van der Waals surface area contributed by atoms with E-state index in [0.717, 1.165) is 16.6 Å². The molecule has 0 radical (unpaired) electrons. The molecule has 3 N–H and O–H groups in total. The van der Waals surface area contributed by atoms with Crippen molar-refractivity contribution >= 4 is 50.6 Å². The Labute approximate surface area is 154 Å². The van der Waals surface area contributed by atoms with Crippen LogP contribution < -0.4 is 16.0 Å². The molecule has 7 heteroatoms. The van der Waals surface area contributed by atoms with Crippen LogP contribution >= 0.6 is 11.3 Å². The molecule has 0 atom stereocenters. The number of nitrogens with one attached hydrogen (secondary N) is 1. The predicted octanol–water partition coefficient (Wildman–Crippen LogP) is 4.51. The van der Waals surface area contributed by atoms with E-state index >= 15 is 0 Å². The number of nitrogens with zero attached hydrogens (tertiary/aromatic N) is 2. The van der Waals surface area contributed by atoms with Gasteiger partial charge in [-0.25, -0.2) is 9.78 Å². The van der Waals surface area contributed by atoms with E-state index in [1.807, 2.05) is 19.1 Å². The number of benzene rings is 1. The van der Waals surface area contributed by atoms with Crippen LogP contribution in [0.4, 0.5) is 21.9 Å². The smallest absolute Gasteiger partial charge is 0.331 e. The molecule has 132 valence electrons. The molecule has 3 heterocycles. The zero-order valence-electron chi connectivity index (χ0n) is 14.7. The number of hydrogen-bond acceptors (Lipinski definition) is 4. The van der Waals surface area contributed by atoms with Gasteiger partial charge < -0.3 is 11.1 Å². The molecule has 0 fully saturated rings. The molecule has 1 aromatic carbocycles. The summed E-state index contributed by atoms with van der Waals surface area (Å²) < 4.78 is 0. The number of carbonyl (C=O) groups excluding carboxylic acids is 2. The first-order chi connectivity index (χ1) is 12.4. The van der Waals surface area contributed by atoms with Crippen LogP contribution in [0.25, 0.3) is 10.2 Å². The minimum Gasteiger partial charge on any atom is -0.365 e. The standard InChI is InChI=1S/C19H18N4O2S/c1-9(2)11-4-5-13(10(3)8-11)23-15-14-12(22-19(23)25)6-7-21-18(14)26-16(15)17(20)24/h4-9H,1-3H3,(H2,20,24)(H,22,25). The number of thiophene rings is 1. The van der Waals surface area contributed by atoms with E-state index in [1.165, 1.54) is 21.8 Å². The van der Waals surface area contributed by atoms with Crippen molar-refractivity contribution < 1.29 is 9.59 Å². The van der Waals surface area contributed by atoms with Gasteiger partial charge in [-0.05, 0) is 36.1 Å². The van der Waals surface area contributed by atoms with E-state index in [4.69, 9.17) is 5.73 Å². The van der Waals surface area contributed by atoms with Crippen molar-refractivity contribution in [3.05, 3.63) is 46.5 Å². The maximum atomic E-state index is 12.9. The Kier molecular flexibility index (Phi) is 3.69. The molecule has 0 saturated heterocycles. The number of primary amides is 1. The summed E-state index contributed by atoms with van der Waals surface area (Å²) in [6.07, 6.45) is 1.61. The number of aryl methyl sites for hydroxylation is 1. The predicted molar refractivity (Wildman–Crippen MR) is 105 cm³/mol. The van der Waals surface area contributed by atoms with Gasteiger partial charge >= 0.3 is 6.03 Å². The molecular formula is C19H18N4O2S. The lowest BCUT2D eigenvalue weighted by atomic mass is 9.99. The first-order valence-corrected chi connectivity index (χ1v) is 9.13. The highest BCUT2D eigenvalue weighted by molar-refractivity contribution is 7.21. The molecule has 0 bridgehead atoms. The molecular weight excluding hydrogens is 348 g/mol. The van der Waals surface area contributed by atoms with Crippen molar-refractivity contribution in [1.82, 2.24) is 4.98 Å². The molecule has 4 rings (SSSR count). The van der Waals surface area contributed by atoms with Crippen LogP contribution in [-0.4, -0.2) is 16.9 Å². The molecule has 3 aromatic rings. The van der Waals surface area contributed by atoms with Gasteiger partial charge in [-0.3, -0.25) is 9.69 Å². The fourth-order valence-corrected chi connectivity index (χ4v) is 4.29. The fourth-order valence-electron chi connectivity index (χ4n) is 3.28. The van der Waals surface area contributed by atoms with E-state index in [-0.39, 0.29) is 6.03 Å². The molecule has 2 aromatic heterocycles. The van der Waals surface area contributed by atoms with Gasteiger partial charge in [0.2, 0.25) is 0 Å². The SMILES string of the molecule is Cc1cc(C(C)C)ccc1N1C(=O)Nc2ccnc3sc(C(N)=O)c1c23. The van der Waals surface area contributed by atoms with E-state index in [2.05, 4.69) is 30.2 Å². The average Bonchev–Trinajstić information content (AvgIpc) is 2.97. The summed E-state index contributed by atoms with van der Waals surface area (Å²) in [4.78, 5) is 31.8. The van der Waals surface area contributed by atoms with Gasteiger partial charge in [0.05, 0.1) is 22.4 Å². The summed E-state index contributed by atoms with van der Waals surface area (Å²) >= 11 is 1.21. The number of anilines is 3. The number of hydrogen-bond donors (Lipinski definition) is 2. The van der Waals surface area contributed by atoms with Gasteiger partial charge in [-0.1, -0.05) is 26.0 Å². The lowest BCUT2D eigenvalue weighted by Crippen LogP contribution is -2.35. The molecule has 0 spiro atoms. The molecule has 0 saturated carbocycles. The third kappa shape index (κ3) is 2.35. The highest BCUT2D eigenvalue weighted by Crippen LogP contribution is 2.47. The first-order valence-electron chi connectivity index (χ1n) is 8.31. The van der Waals surface area contributed by atoms with Crippen LogP contribution in [0.2, 0.25) is 0 Å². The van der Waals surface area contributed by atoms with Gasteiger partial charge in [0.1, 0.15) is 9.71 Å². The molecule has 1 aliphatic rings. The minimum absolute atomic E-state index is 0.314. The van der Waals surface area contributed by atoms with Crippen LogP contribution in [0.3, 0.4) is 0 Å². The Morgan fingerprint density at radius 3 is 2.73 bits per heavy atom. The van der Waals surface area contributed by atoms with Crippen LogP contribution in [0.5, 0.6) is 0 Å². The summed E-state index contributed by atoms with van der Waals surface area (Å²) in [5.74, 6) is -0.179. The minimum atomic E-state index is -0.565. The van der Waals surface area contributed by atoms with E-state index < -0.39 is 5.91 Å². The maximum absolute atomic E-state index is 12.9. The van der Waals surface area contributed by atoms with E-state index in [0.29, 0.717) is 27.0 Å². The number of pyridine rings is 1. The van der Waals surface area contributed by atoms with Crippen molar-refractivity contribution in [2.24, 2.45) is 5.73 Å². The second-order valence-electron chi connectivity index (χ2n) is 6.65. The normalized spacial score (nSPS) is 13.4. The lowest BCUT2D eigenvalue weighted by molar-refractivity contribution is 0.100. The van der Waals surface area contributed by atoms with Crippen LogP contribution in [-0.2, 0) is 0 Å². The highest BCUT2D eigenvalue weighted by atomic mass is 32.1. The van der Waals surface area contributed by atoms with E-state index in [1.54, 1.807) is 12.3 Å². The number of rotatable bonds is 3. The third-order valence-corrected chi connectivity index (χ3v) is 5.69. The second-order valence-corrected chi connectivity index (χ2v) is 7.65. The molecule has 26 heavy (non-hydrogen) atoms. The van der Waals surface area contributed by atoms with Gasteiger partial charge in [-0.2, -0.15) is 0 Å². The van der Waals surface area contributed by atoms with Gasteiger partial charge in [-0.15, -0.1) is 11.3 Å². The average molecular weight is 366 g/mol. The molecule has 6 nitrogen and oxygen atoms in total. The Morgan fingerprint density at radius 1 is 1.31 bits per heavy atom. The zero-order chi connectivity index (χ0) is 18.6. The number of aromatic nitrogens is 1. The van der Waals surface area contributed by atoms with E-state index in [9.17, 15) is 9.59 Å². The lowest BCUT2D eigenvalue weighted by Gasteiger charge is -2.29. The van der Waals surface area contributed by atoms with Crippen molar-refractivity contribution in [2.75, 3.05) is 10.2 Å². The van der Waals surface area contributed by atoms with Crippen LogP contribution in [0, 0.1) is 6.92 Å². The van der Waals surface area contributed by atoms with Crippen LogP contribution in [0.15, 0.2) is 30.5 Å².